The Morgan fingerprint density at radius 3 is 2.15 bits per heavy atom. The minimum absolute atomic E-state index is 0.0519. The number of allylic oxidation sites excluding steroid dienone is 1. The quantitative estimate of drug-likeness (QED) is 0.817. The minimum Gasteiger partial charge on any atom is -0.340 e. The van der Waals surface area contributed by atoms with Gasteiger partial charge < -0.3 is 4.90 Å². The number of nitrogens with zero attached hydrogens (tertiary/aromatic N) is 1. The first-order valence-corrected chi connectivity index (χ1v) is 6.88. The summed E-state index contributed by atoms with van der Waals surface area (Å²) in [6.45, 7) is 2.00. The number of benzene rings is 2. The maximum absolute atomic E-state index is 12.0. The van der Waals surface area contributed by atoms with E-state index < -0.39 is 0 Å². The van der Waals surface area contributed by atoms with Crippen molar-refractivity contribution in [3.63, 3.8) is 0 Å². The molecule has 2 nitrogen and oxygen atoms in total. The summed E-state index contributed by atoms with van der Waals surface area (Å²) >= 11 is 0. The summed E-state index contributed by atoms with van der Waals surface area (Å²) in [4.78, 5) is 14.2. The highest BCUT2D eigenvalue weighted by Gasteiger charge is 2.32. The number of carbonyl (C=O) groups excluding carboxylic acids is 1. The molecule has 0 unspecified atom stereocenters. The molecule has 0 amide bonds. The predicted molar refractivity (Wildman–Crippen MR) is 81.4 cm³/mol. The van der Waals surface area contributed by atoms with Gasteiger partial charge in [-0.2, -0.15) is 0 Å². The molecular weight excluding hydrogens is 246 g/mol. The Morgan fingerprint density at radius 1 is 0.900 bits per heavy atom. The second kappa shape index (κ2) is 5.33. The van der Waals surface area contributed by atoms with Gasteiger partial charge in [-0.05, 0) is 23.8 Å². The lowest BCUT2D eigenvalue weighted by molar-refractivity contribution is -0.118. The number of anilines is 1. The van der Waals surface area contributed by atoms with E-state index in [0.717, 1.165) is 5.69 Å². The van der Waals surface area contributed by atoms with Crippen LogP contribution in [0.25, 0.3) is 0 Å². The lowest BCUT2D eigenvalue weighted by Gasteiger charge is -2.37. The van der Waals surface area contributed by atoms with Gasteiger partial charge in [-0.25, -0.2) is 0 Å². The lowest BCUT2D eigenvalue weighted by Crippen LogP contribution is -2.35. The molecule has 2 atom stereocenters. The normalized spacial score (nSPS) is 22.1. The number of ketones is 1. The van der Waals surface area contributed by atoms with E-state index >= 15 is 0 Å². The van der Waals surface area contributed by atoms with E-state index in [1.54, 1.807) is 6.08 Å². The number of hydrogen-bond acceptors (Lipinski definition) is 2. The fraction of sp³-hybridized carbons (Fsp3) is 0.167. The van der Waals surface area contributed by atoms with Crippen molar-refractivity contribution in [1.82, 2.24) is 0 Å². The van der Waals surface area contributed by atoms with Gasteiger partial charge in [-0.3, -0.25) is 4.79 Å². The van der Waals surface area contributed by atoms with Crippen LogP contribution in [0.5, 0.6) is 0 Å². The molecule has 0 aliphatic carbocycles. The van der Waals surface area contributed by atoms with Crippen LogP contribution in [0.3, 0.4) is 0 Å². The average molecular weight is 263 g/mol. The summed E-state index contributed by atoms with van der Waals surface area (Å²) in [5.74, 6) is 0.133. The molecule has 0 saturated heterocycles. The van der Waals surface area contributed by atoms with Gasteiger partial charge in [0.25, 0.3) is 0 Å². The van der Waals surface area contributed by atoms with Gasteiger partial charge in [0.05, 0.1) is 6.04 Å². The monoisotopic (exact) mass is 263 g/mol. The van der Waals surface area contributed by atoms with Gasteiger partial charge >= 0.3 is 0 Å². The largest absolute Gasteiger partial charge is 0.340 e. The van der Waals surface area contributed by atoms with Crippen LogP contribution in [0.1, 0.15) is 18.5 Å². The van der Waals surface area contributed by atoms with Gasteiger partial charge in [0, 0.05) is 17.8 Å². The second-order valence-corrected chi connectivity index (χ2v) is 5.11. The Kier molecular flexibility index (Phi) is 3.38. The van der Waals surface area contributed by atoms with Crippen molar-refractivity contribution in [1.29, 1.82) is 0 Å². The van der Waals surface area contributed by atoms with Crippen LogP contribution in [0.2, 0.25) is 0 Å². The smallest absolute Gasteiger partial charge is 0.162 e. The Labute approximate surface area is 119 Å². The summed E-state index contributed by atoms with van der Waals surface area (Å²) in [7, 11) is 0. The van der Waals surface area contributed by atoms with Crippen molar-refractivity contribution in [2.45, 2.75) is 13.0 Å². The minimum atomic E-state index is -0.0531. The molecule has 2 aromatic rings. The molecule has 20 heavy (non-hydrogen) atoms. The van der Waals surface area contributed by atoms with Crippen LogP contribution in [0.4, 0.5) is 5.69 Å². The van der Waals surface area contributed by atoms with Gasteiger partial charge in [0.1, 0.15) is 0 Å². The van der Waals surface area contributed by atoms with Crippen molar-refractivity contribution in [3.8, 4) is 0 Å². The van der Waals surface area contributed by atoms with Crippen LogP contribution in [0, 0.1) is 5.92 Å². The van der Waals surface area contributed by atoms with Gasteiger partial charge in [-0.1, -0.05) is 55.5 Å². The van der Waals surface area contributed by atoms with Crippen LogP contribution in [-0.2, 0) is 4.79 Å². The molecule has 1 heterocycles. The number of carbonyl (C=O) groups is 1. The Hall–Kier alpha value is -2.35. The first-order chi connectivity index (χ1) is 9.77. The zero-order valence-electron chi connectivity index (χ0n) is 11.4. The molecule has 3 rings (SSSR count). The molecule has 2 heteroatoms. The fourth-order valence-corrected chi connectivity index (χ4v) is 2.74. The Bertz CT molecular complexity index is 618. The van der Waals surface area contributed by atoms with E-state index in [1.165, 1.54) is 5.56 Å². The molecular formula is C18H17NO. The SMILES string of the molecule is C[C@@H]1C(=O)C=CN(c2ccccc2)[C@H]1c1ccccc1. The molecule has 0 fully saturated rings. The molecule has 1 aliphatic rings. The third kappa shape index (κ3) is 2.25. The van der Waals surface area contributed by atoms with Crippen LogP contribution in [0.15, 0.2) is 72.9 Å². The van der Waals surface area contributed by atoms with Gasteiger partial charge in [0.2, 0.25) is 0 Å². The van der Waals surface area contributed by atoms with Crippen LogP contribution in [-0.4, -0.2) is 5.78 Å². The highest BCUT2D eigenvalue weighted by Crippen LogP contribution is 2.36. The zero-order chi connectivity index (χ0) is 13.9. The van der Waals surface area contributed by atoms with E-state index in [2.05, 4.69) is 29.2 Å². The molecule has 0 radical (unpaired) electrons. The summed E-state index contributed by atoms with van der Waals surface area (Å²) < 4.78 is 0. The summed E-state index contributed by atoms with van der Waals surface area (Å²) in [5, 5.41) is 0. The topological polar surface area (TPSA) is 20.3 Å². The third-order valence-electron chi connectivity index (χ3n) is 3.82. The summed E-state index contributed by atoms with van der Waals surface area (Å²) in [5.41, 5.74) is 2.28. The van der Waals surface area contributed by atoms with Crippen LogP contribution < -0.4 is 4.90 Å². The van der Waals surface area contributed by atoms with E-state index in [-0.39, 0.29) is 17.7 Å². The fourth-order valence-electron chi connectivity index (χ4n) is 2.74. The number of para-hydroxylation sites is 1. The molecule has 1 aliphatic heterocycles. The maximum atomic E-state index is 12.0. The first-order valence-electron chi connectivity index (χ1n) is 6.88. The number of hydrogen-bond donors (Lipinski definition) is 0. The van der Waals surface area contributed by atoms with Crippen molar-refractivity contribution in [3.05, 3.63) is 78.5 Å². The molecule has 0 aromatic heterocycles. The molecule has 0 bridgehead atoms. The summed E-state index contributed by atoms with van der Waals surface area (Å²) in [6.07, 6.45) is 3.58. The van der Waals surface area contributed by atoms with Crippen molar-refractivity contribution in [2.75, 3.05) is 4.90 Å². The Balaban J connectivity index is 2.07. The standard InChI is InChI=1S/C18H17NO/c1-14-17(20)12-13-19(16-10-6-3-7-11-16)18(14)15-8-4-2-5-9-15/h2-14,18H,1H3/t14-,18-/m1/s1. The maximum Gasteiger partial charge on any atom is 0.162 e. The van der Waals surface area contributed by atoms with Gasteiger partial charge in [-0.15, -0.1) is 0 Å². The molecule has 0 saturated carbocycles. The van der Waals surface area contributed by atoms with Crippen molar-refractivity contribution in [2.24, 2.45) is 5.92 Å². The highest BCUT2D eigenvalue weighted by atomic mass is 16.1. The molecule has 0 N–H and O–H groups in total. The second-order valence-electron chi connectivity index (χ2n) is 5.11. The number of rotatable bonds is 2. The predicted octanol–water partition coefficient (Wildman–Crippen LogP) is 3.97. The van der Waals surface area contributed by atoms with Crippen LogP contribution >= 0.6 is 0 Å². The van der Waals surface area contributed by atoms with Crippen molar-refractivity contribution >= 4 is 11.5 Å². The van der Waals surface area contributed by atoms with Gasteiger partial charge in [0.15, 0.2) is 5.78 Å². The highest BCUT2D eigenvalue weighted by molar-refractivity contribution is 5.94. The zero-order valence-corrected chi connectivity index (χ0v) is 11.4. The summed E-state index contributed by atoms with van der Waals surface area (Å²) in [6, 6.07) is 20.5. The lowest BCUT2D eigenvalue weighted by atomic mass is 9.87. The molecule has 2 aromatic carbocycles. The molecule has 100 valence electrons. The van der Waals surface area contributed by atoms with E-state index in [1.807, 2.05) is 49.5 Å². The van der Waals surface area contributed by atoms with E-state index in [0.29, 0.717) is 0 Å². The average Bonchev–Trinajstić information content (AvgIpc) is 2.51. The molecule has 0 spiro atoms. The van der Waals surface area contributed by atoms with Crippen molar-refractivity contribution < 1.29 is 4.79 Å². The Morgan fingerprint density at radius 2 is 1.50 bits per heavy atom. The van der Waals surface area contributed by atoms with E-state index in [9.17, 15) is 4.79 Å². The first kappa shape index (κ1) is 12.7. The van der Waals surface area contributed by atoms with E-state index in [4.69, 9.17) is 0 Å². The third-order valence-corrected chi connectivity index (χ3v) is 3.82.